The van der Waals surface area contributed by atoms with Gasteiger partial charge >= 0.3 is 0 Å². The number of rotatable bonds is 5. The topological polar surface area (TPSA) is 94.6 Å². The van der Waals surface area contributed by atoms with Crippen LogP contribution in [0.4, 0.5) is 5.82 Å². The van der Waals surface area contributed by atoms with Gasteiger partial charge in [-0.2, -0.15) is 4.98 Å². The zero-order valence-electron chi connectivity index (χ0n) is 14.0. The minimum Gasteiger partial charge on any atom is -0.361 e. The molecule has 4 heterocycles. The van der Waals surface area contributed by atoms with Gasteiger partial charge in [0.25, 0.3) is 0 Å². The standard InChI is InChI=1S/C17H17N7O/c1-11-20-14-6-8-24(10-13-5-3-4-7-18-13)16(14)17(21-11)19-9-15-22-12(2)25-23-15/h3-8H,9-10H2,1-2H3,(H,19,20,21). The summed E-state index contributed by atoms with van der Waals surface area (Å²) in [5.74, 6) is 2.57. The Balaban J connectivity index is 1.68. The zero-order valence-corrected chi connectivity index (χ0v) is 14.0. The van der Waals surface area contributed by atoms with Gasteiger partial charge in [-0.1, -0.05) is 11.2 Å². The van der Waals surface area contributed by atoms with Crippen LogP contribution in [-0.4, -0.2) is 29.7 Å². The SMILES string of the molecule is Cc1nc(NCc2noc(C)n2)c2c(ccn2Cc2ccccn2)n1. The molecule has 4 rings (SSSR count). The van der Waals surface area contributed by atoms with Crippen molar-refractivity contribution in [3.8, 4) is 0 Å². The maximum absolute atomic E-state index is 5.00. The molecular formula is C17H17N7O. The van der Waals surface area contributed by atoms with Gasteiger partial charge in [0.15, 0.2) is 11.6 Å². The molecule has 0 saturated heterocycles. The minimum absolute atomic E-state index is 0.428. The smallest absolute Gasteiger partial charge is 0.223 e. The van der Waals surface area contributed by atoms with Crippen LogP contribution in [0.25, 0.3) is 11.0 Å². The Morgan fingerprint density at radius 1 is 1.12 bits per heavy atom. The van der Waals surface area contributed by atoms with Crippen molar-refractivity contribution in [3.63, 3.8) is 0 Å². The van der Waals surface area contributed by atoms with Gasteiger partial charge in [-0.25, -0.2) is 9.97 Å². The van der Waals surface area contributed by atoms with Crippen LogP contribution < -0.4 is 5.32 Å². The normalized spacial score (nSPS) is 11.1. The summed E-state index contributed by atoms with van der Waals surface area (Å²) in [6, 6.07) is 7.86. The number of hydrogen-bond acceptors (Lipinski definition) is 7. The first-order chi connectivity index (χ1) is 12.2. The van der Waals surface area contributed by atoms with Crippen molar-refractivity contribution < 1.29 is 4.52 Å². The second-order valence-electron chi connectivity index (χ2n) is 5.70. The summed E-state index contributed by atoms with van der Waals surface area (Å²) in [6.07, 6.45) is 3.79. The van der Waals surface area contributed by atoms with Gasteiger partial charge < -0.3 is 14.4 Å². The quantitative estimate of drug-likeness (QED) is 0.598. The van der Waals surface area contributed by atoms with Crippen LogP contribution >= 0.6 is 0 Å². The first-order valence-corrected chi connectivity index (χ1v) is 7.95. The van der Waals surface area contributed by atoms with Gasteiger partial charge in [0, 0.05) is 19.3 Å². The summed E-state index contributed by atoms with van der Waals surface area (Å²) in [6.45, 7) is 4.71. The van der Waals surface area contributed by atoms with Gasteiger partial charge in [0.1, 0.15) is 11.3 Å². The van der Waals surface area contributed by atoms with Crippen LogP contribution in [0.3, 0.4) is 0 Å². The third-order valence-corrected chi connectivity index (χ3v) is 3.76. The van der Waals surface area contributed by atoms with E-state index in [1.807, 2.05) is 37.4 Å². The average Bonchev–Trinajstić information content (AvgIpc) is 3.20. The van der Waals surface area contributed by atoms with Gasteiger partial charge in [-0.05, 0) is 25.1 Å². The van der Waals surface area contributed by atoms with Crippen molar-refractivity contribution in [1.82, 2.24) is 29.7 Å². The van der Waals surface area contributed by atoms with Gasteiger partial charge in [-0.15, -0.1) is 0 Å². The van der Waals surface area contributed by atoms with E-state index in [-0.39, 0.29) is 0 Å². The third-order valence-electron chi connectivity index (χ3n) is 3.76. The van der Waals surface area contributed by atoms with Crippen LogP contribution in [0.15, 0.2) is 41.2 Å². The van der Waals surface area contributed by atoms with Gasteiger partial charge in [0.2, 0.25) is 5.89 Å². The fourth-order valence-electron chi connectivity index (χ4n) is 2.72. The lowest BCUT2D eigenvalue weighted by Crippen LogP contribution is -2.08. The van der Waals surface area contributed by atoms with Crippen molar-refractivity contribution in [1.29, 1.82) is 0 Å². The Labute approximate surface area is 143 Å². The number of fused-ring (bicyclic) bond motifs is 1. The maximum atomic E-state index is 5.00. The van der Waals surface area contributed by atoms with Crippen molar-refractivity contribution in [2.24, 2.45) is 0 Å². The van der Waals surface area contributed by atoms with E-state index < -0.39 is 0 Å². The molecule has 0 aliphatic heterocycles. The third kappa shape index (κ3) is 3.18. The predicted molar refractivity (Wildman–Crippen MR) is 92.0 cm³/mol. The van der Waals surface area contributed by atoms with E-state index in [0.717, 1.165) is 22.5 Å². The Morgan fingerprint density at radius 2 is 2.04 bits per heavy atom. The van der Waals surface area contributed by atoms with Crippen LogP contribution in [0.1, 0.15) is 23.2 Å². The summed E-state index contributed by atoms with van der Waals surface area (Å²) in [5.41, 5.74) is 2.78. The lowest BCUT2D eigenvalue weighted by Gasteiger charge is -2.10. The predicted octanol–water partition coefficient (Wildman–Crippen LogP) is 2.49. The van der Waals surface area contributed by atoms with Crippen molar-refractivity contribution in [3.05, 3.63) is 59.9 Å². The van der Waals surface area contributed by atoms with Crippen LogP contribution in [-0.2, 0) is 13.1 Å². The van der Waals surface area contributed by atoms with Crippen LogP contribution in [0, 0.1) is 13.8 Å². The van der Waals surface area contributed by atoms with E-state index in [9.17, 15) is 0 Å². The van der Waals surface area contributed by atoms with Gasteiger partial charge in [-0.3, -0.25) is 4.98 Å². The molecule has 8 nitrogen and oxygen atoms in total. The molecule has 0 bridgehead atoms. The number of hydrogen-bond donors (Lipinski definition) is 1. The van der Waals surface area contributed by atoms with Crippen LogP contribution in [0.2, 0.25) is 0 Å². The summed E-state index contributed by atoms with van der Waals surface area (Å²) in [4.78, 5) is 17.7. The summed E-state index contributed by atoms with van der Waals surface area (Å²) < 4.78 is 7.09. The second kappa shape index (κ2) is 6.31. The highest BCUT2D eigenvalue weighted by atomic mass is 16.5. The molecule has 0 spiro atoms. The molecule has 8 heteroatoms. The van der Waals surface area contributed by atoms with E-state index in [1.54, 1.807) is 13.1 Å². The molecule has 0 aliphatic rings. The molecule has 0 radical (unpaired) electrons. The fourth-order valence-corrected chi connectivity index (χ4v) is 2.72. The molecule has 25 heavy (non-hydrogen) atoms. The summed E-state index contributed by atoms with van der Waals surface area (Å²) >= 11 is 0. The highest BCUT2D eigenvalue weighted by molar-refractivity contribution is 5.86. The summed E-state index contributed by atoms with van der Waals surface area (Å²) in [5, 5.41) is 7.20. The molecule has 0 aromatic carbocycles. The summed E-state index contributed by atoms with van der Waals surface area (Å²) in [7, 11) is 0. The zero-order chi connectivity index (χ0) is 17.2. The number of anilines is 1. The van der Waals surface area contributed by atoms with Crippen LogP contribution in [0.5, 0.6) is 0 Å². The Hall–Kier alpha value is -3.29. The second-order valence-corrected chi connectivity index (χ2v) is 5.70. The van der Waals surface area contributed by atoms with E-state index in [2.05, 4.69) is 35.0 Å². The van der Waals surface area contributed by atoms with Crippen molar-refractivity contribution >= 4 is 16.9 Å². The molecule has 1 N–H and O–H groups in total. The van der Waals surface area contributed by atoms with Crippen molar-refractivity contribution in [2.45, 2.75) is 26.9 Å². The first kappa shape index (κ1) is 15.3. The molecule has 0 fully saturated rings. The molecule has 4 aromatic rings. The molecule has 126 valence electrons. The lowest BCUT2D eigenvalue weighted by molar-refractivity contribution is 0.388. The fraction of sp³-hybridized carbons (Fsp3) is 0.235. The Bertz CT molecular complexity index is 1010. The van der Waals surface area contributed by atoms with Crippen molar-refractivity contribution in [2.75, 3.05) is 5.32 Å². The molecular weight excluding hydrogens is 318 g/mol. The maximum Gasteiger partial charge on any atom is 0.223 e. The molecule has 0 amide bonds. The largest absolute Gasteiger partial charge is 0.361 e. The Morgan fingerprint density at radius 3 is 2.80 bits per heavy atom. The number of aromatic nitrogens is 6. The number of nitrogens with zero attached hydrogens (tertiary/aromatic N) is 6. The lowest BCUT2D eigenvalue weighted by atomic mass is 10.3. The Kier molecular flexibility index (Phi) is 3.85. The van der Waals surface area contributed by atoms with E-state index in [0.29, 0.717) is 30.6 Å². The highest BCUT2D eigenvalue weighted by Crippen LogP contribution is 2.23. The average molecular weight is 335 g/mol. The van der Waals surface area contributed by atoms with E-state index in [4.69, 9.17) is 4.52 Å². The van der Waals surface area contributed by atoms with E-state index >= 15 is 0 Å². The minimum atomic E-state index is 0.428. The van der Waals surface area contributed by atoms with Gasteiger partial charge in [0.05, 0.1) is 24.3 Å². The monoisotopic (exact) mass is 335 g/mol. The van der Waals surface area contributed by atoms with E-state index in [1.165, 1.54) is 0 Å². The molecule has 0 saturated carbocycles. The number of aryl methyl sites for hydroxylation is 2. The first-order valence-electron chi connectivity index (χ1n) is 7.95. The number of nitrogens with one attached hydrogen (secondary N) is 1. The molecule has 4 aromatic heterocycles. The molecule has 0 unspecified atom stereocenters. The molecule has 0 atom stereocenters. The molecule has 0 aliphatic carbocycles. The highest BCUT2D eigenvalue weighted by Gasteiger charge is 2.12. The number of pyridine rings is 1.